The maximum absolute atomic E-state index is 14.6. The van der Waals surface area contributed by atoms with Crippen LogP contribution in [0, 0.1) is 5.82 Å². The second kappa shape index (κ2) is 11.2. The number of nitrogens with one attached hydrogen (secondary N) is 1. The molecule has 36 heavy (non-hydrogen) atoms. The molecule has 0 unspecified atom stereocenters. The molecule has 2 aliphatic rings. The van der Waals surface area contributed by atoms with Crippen molar-refractivity contribution in [2.24, 2.45) is 0 Å². The summed E-state index contributed by atoms with van der Waals surface area (Å²) in [6.45, 7) is 2.37. The van der Waals surface area contributed by atoms with Gasteiger partial charge >= 0.3 is 0 Å². The minimum atomic E-state index is -0.776. The van der Waals surface area contributed by atoms with E-state index in [1.54, 1.807) is 18.2 Å². The number of halogens is 2. The number of aliphatic hydroxyl groups is 1. The van der Waals surface area contributed by atoms with E-state index in [0.717, 1.165) is 0 Å². The van der Waals surface area contributed by atoms with Gasteiger partial charge in [0.15, 0.2) is 11.5 Å². The van der Waals surface area contributed by atoms with Crippen LogP contribution in [0.5, 0.6) is 17.4 Å². The first-order chi connectivity index (χ1) is 17.0. The topological polar surface area (TPSA) is 119 Å². The third-order valence-corrected chi connectivity index (χ3v) is 6.27. The molecule has 1 saturated heterocycles. The molecule has 3 aromatic rings. The standard InChI is InChI=1S/C24H26FN5O5.ClH/c1-33-22-3-2-17-23(29-22)14(15(25)11-26-17)4-6-30-7-5-16(19(31)13-30)28-24(32)18-10-20-21(12-27-18)35-9-8-34-20;/h2-3,10-12,16,19,31H,4-9,13H2,1H3,(H,28,32);1H/t16-,19-;/m1./s1. The number of carbonyl (C=O) groups is 1. The van der Waals surface area contributed by atoms with Gasteiger partial charge in [-0.3, -0.25) is 9.78 Å². The Labute approximate surface area is 213 Å². The molecule has 192 valence electrons. The summed E-state index contributed by atoms with van der Waals surface area (Å²) in [7, 11) is 1.51. The van der Waals surface area contributed by atoms with Gasteiger partial charge in [0.25, 0.3) is 5.91 Å². The van der Waals surface area contributed by atoms with Crippen LogP contribution in [0.2, 0.25) is 0 Å². The zero-order chi connectivity index (χ0) is 24.4. The number of hydrogen-bond acceptors (Lipinski definition) is 9. The van der Waals surface area contributed by atoms with Crippen molar-refractivity contribution in [1.82, 2.24) is 25.2 Å². The molecule has 0 spiro atoms. The van der Waals surface area contributed by atoms with Crippen LogP contribution >= 0.6 is 12.4 Å². The lowest BCUT2D eigenvalue weighted by Crippen LogP contribution is -2.54. The minimum absolute atomic E-state index is 0. The van der Waals surface area contributed by atoms with Gasteiger partial charge in [0, 0.05) is 37.3 Å². The summed E-state index contributed by atoms with van der Waals surface area (Å²) in [4.78, 5) is 27.3. The fourth-order valence-electron chi connectivity index (χ4n) is 4.38. The number of rotatable bonds is 6. The molecule has 5 heterocycles. The van der Waals surface area contributed by atoms with Crippen LogP contribution in [0.3, 0.4) is 0 Å². The maximum atomic E-state index is 14.6. The second-order valence-corrected chi connectivity index (χ2v) is 8.51. The molecule has 0 aromatic carbocycles. The third kappa shape index (κ3) is 5.43. The lowest BCUT2D eigenvalue weighted by atomic mass is 10.0. The molecule has 0 radical (unpaired) electrons. The number of aliphatic hydroxyl groups excluding tert-OH is 1. The van der Waals surface area contributed by atoms with E-state index in [0.29, 0.717) is 79.7 Å². The van der Waals surface area contributed by atoms with Gasteiger partial charge < -0.3 is 29.5 Å². The highest BCUT2D eigenvalue weighted by molar-refractivity contribution is 5.93. The fourth-order valence-corrected chi connectivity index (χ4v) is 4.38. The van der Waals surface area contributed by atoms with E-state index in [2.05, 4.69) is 20.3 Å². The van der Waals surface area contributed by atoms with E-state index in [4.69, 9.17) is 14.2 Å². The predicted octanol–water partition coefficient (Wildman–Crippen LogP) is 1.77. The van der Waals surface area contributed by atoms with Crippen molar-refractivity contribution in [2.45, 2.75) is 25.0 Å². The van der Waals surface area contributed by atoms with E-state index in [1.165, 1.54) is 19.5 Å². The summed E-state index contributed by atoms with van der Waals surface area (Å²) in [5.74, 6) is 0.575. The summed E-state index contributed by atoms with van der Waals surface area (Å²) in [5, 5.41) is 13.6. The smallest absolute Gasteiger partial charge is 0.270 e. The number of aromatic nitrogens is 3. The average Bonchev–Trinajstić information content (AvgIpc) is 2.88. The number of hydrogen-bond donors (Lipinski definition) is 2. The first-order valence-electron chi connectivity index (χ1n) is 11.5. The van der Waals surface area contributed by atoms with Gasteiger partial charge in [0.05, 0.1) is 42.7 Å². The van der Waals surface area contributed by atoms with Crippen molar-refractivity contribution in [1.29, 1.82) is 0 Å². The van der Waals surface area contributed by atoms with Gasteiger partial charge in [-0.25, -0.2) is 14.4 Å². The van der Waals surface area contributed by atoms with E-state index in [-0.39, 0.29) is 24.0 Å². The van der Waals surface area contributed by atoms with Crippen LogP contribution < -0.4 is 19.5 Å². The normalized spacial score (nSPS) is 19.4. The Morgan fingerprint density at radius 1 is 1.25 bits per heavy atom. The molecule has 0 saturated carbocycles. The molecule has 0 bridgehead atoms. The molecule has 1 amide bonds. The van der Waals surface area contributed by atoms with Crippen molar-refractivity contribution >= 4 is 29.3 Å². The summed E-state index contributed by atoms with van der Waals surface area (Å²) in [6, 6.07) is 4.56. The SMILES string of the molecule is COc1ccc2ncc(F)c(CCN3CC[C@@H](NC(=O)c4cc5c(cn4)OCCO5)[C@H](O)C3)c2n1.Cl. The Morgan fingerprint density at radius 3 is 2.83 bits per heavy atom. The quantitative estimate of drug-likeness (QED) is 0.502. The number of β-amino-alcohol motifs (C(OH)–C–C–N with tert-alkyl or cyclic N) is 1. The molecule has 2 aliphatic heterocycles. The highest BCUT2D eigenvalue weighted by Crippen LogP contribution is 2.29. The fraction of sp³-hybridized carbons (Fsp3) is 0.417. The van der Waals surface area contributed by atoms with Crippen molar-refractivity contribution in [3.8, 4) is 17.4 Å². The predicted molar refractivity (Wildman–Crippen MR) is 131 cm³/mol. The highest BCUT2D eigenvalue weighted by atomic mass is 35.5. The summed E-state index contributed by atoms with van der Waals surface area (Å²) in [6.07, 6.45) is 2.84. The van der Waals surface area contributed by atoms with Crippen LogP contribution in [0.25, 0.3) is 11.0 Å². The molecule has 2 N–H and O–H groups in total. The number of likely N-dealkylation sites (tertiary alicyclic amines) is 1. The number of fused-ring (bicyclic) bond motifs is 2. The molecular weight excluding hydrogens is 493 g/mol. The van der Waals surface area contributed by atoms with Crippen LogP contribution in [-0.4, -0.2) is 83.0 Å². The number of carbonyl (C=O) groups excluding carboxylic acids is 1. The summed E-state index contributed by atoms with van der Waals surface area (Å²) in [5.41, 5.74) is 1.73. The molecular formula is C24H27ClFN5O5. The van der Waals surface area contributed by atoms with Gasteiger partial charge in [-0.2, -0.15) is 0 Å². The van der Waals surface area contributed by atoms with E-state index < -0.39 is 18.0 Å². The van der Waals surface area contributed by atoms with Crippen LogP contribution in [0.4, 0.5) is 4.39 Å². The first kappa shape index (κ1) is 25.8. The lowest BCUT2D eigenvalue weighted by Gasteiger charge is -2.36. The molecule has 3 aromatic heterocycles. The molecule has 2 atom stereocenters. The van der Waals surface area contributed by atoms with Crippen molar-refractivity contribution in [3.05, 3.63) is 47.7 Å². The largest absolute Gasteiger partial charge is 0.486 e. The van der Waals surface area contributed by atoms with Crippen molar-refractivity contribution in [3.63, 3.8) is 0 Å². The van der Waals surface area contributed by atoms with Crippen LogP contribution in [0.15, 0.2) is 30.6 Å². The number of amides is 1. The molecule has 1 fully saturated rings. The second-order valence-electron chi connectivity index (χ2n) is 8.51. The average molecular weight is 520 g/mol. The molecule has 12 heteroatoms. The maximum Gasteiger partial charge on any atom is 0.270 e. The molecule has 0 aliphatic carbocycles. The highest BCUT2D eigenvalue weighted by Gasteiger charge is 2.30. The zero-order valence-corrected chi connectivity index (χ0v) is 20.5. The number of piperidine rings is 1. The van der Waals surface area contributed by atoms with Gasteiger partial charge in [0.1, 0.15) is 24.7 Å². The minimum Gasteiger partial charge on any atom is -0.486 e. The van der Waals surface area contributed by atoms with Crippen LogP contribution in [0.1, 0.15) is 22.5 Å². The Kier molecular flexibility index (Phi) is 8.02. The summed E-state index contributed by atoms with van der Waals surface area (Å²) >= 11 is 0. The van der Waals surface area contributed by atoms with E-state index in [1.807, 2.05) is 4.90 Å². The first-order valence-corrected chi connectivity index (χ1v) is 11.5. The Hall–Kier alpha value is -3.28. The zero-order valence-electron chi connectivity index (χ0n) is 19.6. The number of nitrogens with zero attached hydrogens (tertiary/aromatic N) is 4. The van der Waals surface area contributed by atoms with Crippen molar-refractivity contribution in [2.75, 3.05) is 40.0 Å². The van der Waals surface area contributed by atoms with Gasteiger partial charge in [0.2, 0.25) is 5.88 Å². The lowest BCUT2D eigenvalue weighted by molar-refractivity contribution is 0.0382. The Morgan fingerprint density at radius 2 is 2.06 bits per heavy atom. The number of methoxy groups -OCH3 is 1. The third-order valence-electron chi connectivity index (χ3n) is 6.27. The van der Waals surface area contributed by atoms with Gasteiger partial charge in [-0.15, -0.1) is 12.4 Å². The van der Waals surface area contributed by atoms with E-state index >= 15 is 0 Å². The Balaban J connectivity index is 0.00000304. The van der Waals surface area contributed by atoms with E-state index in [9.17, 15) is 14.3 Å². The van der Waals surface area contributed by atoms with Gasteiger partial charge in [-0.1, -0.05) is 0 Å². The van der Waals surface area contributed by atoms with Gasteiger partial charge in [-0.05, 0) is 18.9 Å². The van der Waals surface area contributed by atoms with Crippen molar-refractivity contribution < 1.29 is 28.5 Å². The number of pyridine rings is 3. The monoisotopic (exact) mass is 519 g/mol. The summed E-state index contributed by atoms with van der Waals surface area (Å²) < 4.78 is 30.7. The number of ether oxygens (including phenoxy) is 3. The Bertz CT molecular complexity index is 1250. The molecule has 10 nitrogen and oxygen atoms in total. The van der Waals surface area contributed by atoms with Crippen LogP contribution in [-0.2, 0) is 6.42 Å². The molecule has 5 rings (SSSR count).